The molecule has 0 saturated carbocycles. The van der Waals surface area contributed by atoms with Gasteiger partial charge in [0.1, 0.15) is 17.8 Å². The van der Waals surface area contributed by atoms with Crippen LogP contribution in [0.3, 0.4) is 0 Å². The van der Waals surface area contributed by atoms with Gasteiger partial charge in [0.2, 0.25) is 5.43 Å². The van der Waals surface area contributed by atoms with Crippen LogP contribution in [0.2, 0.25) is 0 Å². The number of carbonyl (C=O) groups is 2. The Balaban J connectivity index is 1.70. The lowest BCUT2D eigenvalue weighted by Crippen LogP contribution is -2.65. The van der Waals surface area contributed by atoms with Crippen molar-refractivity contribution in [3.63, 3.8) is 0 Å². The Bertz CT molecular complexity index is 1170. The van der Waals surface area contributed by atoms with Crippen molar-refractivity contribution in [1.29, 1.82) is 0 Å². The van der Waals surface area contributed by atoms with E-state index < -0.39 is 34.5 Å². The van der Waals surface area contributed by atoms with Crippen LogP contribution in [0, 0.1) is 11.6 Å². The minimum Gasteiger partial charge on any atom is -0.502 e. The first-order valence-electron chi connectivity index (χ1n) is 10.8. The molecule has 1 saturated heterocycles. The largest absolute Gasteiger partial charge is 0.502 e. The topological polar surface area (TPSA) is 92.1 Å². The molecule has 0 bridgehead atoms. The van der Waals surface area contributed by atoms with E-state index in [2.05, 4.69) is 0 Å². The first-order chi connectivity index (χ1) is 15.8. The molecule has 0 spiro atoms. The van der Waals surface area contributed by atoms with Crippen LogP contribution in [0.5, 0.6) is 5.75 Å². The Labute approximate surface area is 188 Å². The van der Waals surface area contributed by atoms with Crippen LogP contribution in [0.4, 0.5) is 8.78 Å². The fourth-order valence-corrected chi connectivity index (χ4v) is 4.57. The van der Waals surface area contributed by atoms with Gasteiger partial charge in [-0.2, -0.15) is 0 Å². The Morgan fingerprint density at radius 3 is 2.67 bits per heavy atom. The number of aromatic hydroxyl groups is 1. The maximum atomic E-state index is 13.9. The molecule has 1 aromatic carbocycles. The van der Waals surface area contributed by atoms with Crippen LogP contribution in [-0.4, -0.2) is 58.8 Å². The Morgan fingerprint density at radius 1 is 1.24 bits per heavy atom. The highest BCUT2D eigenvalue weighted by atomic mass is 19.1. The third kappa shape index (κ3) is 3.99. The van der Waals surface area contributed by atoms with Gasteiger partial charge in [0.15, 0.2) is 17.2 Å². The summed E-state index contributed by atoms with van der Waals surface area (Å²) in [5.41, 5.74) is -1.31. The standard InChI is InChI=1S/C23H25F2N3O5/c1-3-26-19-9-7-15(33-2)11-27(19)28-12-16(21(30)22(31)20(28)23(26)32)18(29)8-5-13-4-6-14(24)10-17(13)25/h4,6,10,12,15,19,31H,3,5,7-9,11H2,1-2H3/t15-,19-/m0/s1. The average molecular weight is 461 g/mol. The molecule has 33 heavy (non-hydrogen) atoms. The zero-order chi connectivity index (χ0) is 23.9. The number of ketones is 1. The first kappa shape index (κ1) is 22.9. The Kier molecular flexibility index (Phi) is 6.20. The molecule has 2 aromatic rings. The van der Waals surface area contributed by atoms with E-state index in [4.69, 9.17) is 4.74 Å². The Morgan fingerprint density at radius 2 is 2.00 bits per heavy atom. The predicted octanol–water partition coefficient (Wildman–Crippen LogP) is 2.20. The predicted molar refractivity (Wildman–Crippen MR) is 115 cm³/mol. The second-order valence-corrected chi connectivity index (χ2v) is 8.20. The quantitative estimate of drug-likeness (QED) is 0.664. The number of hydrogen-bond acceptors (Lipinski definition) is 6. The van der Waals surface area contributed by atoms with Gasteiger partial charge < -0.3 is 14.7 Å². The van der Waals surface area contributed by atoms with E-state index in [0.29, 0.717) is 19.5 Å². The summed E-state index contributed by atoms with van der Waals surface area (Å²) in [6, 6.07) is 3.07. The summed E-state index contributed by atoms with van der Waals surface area (Å²) in [4.78, 5) is 40.3. The molecule has 10 heteroatoms. The van der Waals surface area contributed by atoms with Gasteiger partial charge in [0.05, 0.1) is 18.2 Å². The normalized spacial score (nSPS) is 19.9. The van der Waals surface area contributed by atoms with E-state index in [-0.39, 0.29) is 41.9 Å². The summed E-state index contributed by atoms with van der Waals surface area (Å²) in [5, 5.41) is 12.5. The fraction of sp³-hybridized carbons (Fsp3) is 0.435. The number of Topliss-reactive ketones (excluding diaryl/α,β-unsaturated/α-hetero) is 1. The van der Waals surface area contributed by atoms with Gasteiger partial charge in [0, 0.05) is 32.3 Å². The molecular formula is C23H25F2N3O5. The van der Waals surface area contributed by atoms with Crippen LogP contribution < -0.4 is 10.4 Å². The van der Waals surface area contributed by atoms with E-state index in [1.165, 1.54) is 16.9 Å². The maximum absolute atomic E-state index is 13.9. The van der Waals surface area contributed by atoms with Crippen molar-refractivity contribution in [2.45, 2.75) is 44.9 Å². The smallest absolute Gasteiger partial charge is 0.278 e. The number of piperidine rings is 1. The van der Waals surface area contributed by atoms with E-state index in [9.17, 15) is 28.3 Å². The highest BCUT2D eigenvalue weighted by Crippen LogP contribution is 2.30. The summed E-state index contributed by atoms with van der Waals surface area (Å²) in [5.74, 6) is -3.40. The Hall–Kier alpha value is -3.27. The second-order valence-electron chi connectivity index (χ2n) is 8.20. The summed E-state index contributed by atoms with van der Waals surface area (Å²) < 4.78 is 33.9. The first-order valence-corrected chi connectivity index (χ1v) is 10.8. The number of aromatic nitrogens is 1. The molecule has 0 aliphatic carbocycles. The molecule has 8 nitrogen and oxygen atoms in total. The van der Waals surface area contributed by atoms with Gasteiger partial charge in [-0.3, -0.25) is 24.1 Å². The zero-order valence-electron chi connectivity index (χ0n) is 18.4. The van der Waals surface area contributed by atoms with Gasteiger partial charge in [0.25, 0.3) is 5.91 Å². The molecule has 1 N–H and O–H groups in total. The molecule has 1 fully saturated rings. The molecule has 3 heterocycles. The molecule has 1 amide bonds. The number of nitrogens with zero attached hydrogens (tertiary/aromatic N) is 3. The lowest BCUT2D eigenvalue weighted by Gasteiger charge is -2.50. The molecule has 176 valence electrons. The maximum Gasteiger partial charge on any atom is 0.278 e. The summed E-state index contributed by atoms with van der Waals surface area (Å²) in [6.07, 6.45) is 1.93. The zero-order valence-corrected chi connectivity index (χ0v) is 18.4. The molecule has 2 aliphatic heterocycles. The number of halogens is 2. The summed E-state index contributed by atoms with van der Waals surface area (Å²) >= 11 is 0. The van der Waals surface area contributed by atoms with E-state index in [1.807, 2.05) is 11.9 Å². The van der Waals surface area contributed by atoms with Crippen molar-refractivity contribution in [2.75, 3.05) is 25.2 Å². The van der Waals surface area contributed by atoms with Gasteiger partial charge in [-0.1, -0.05) is 6.07 Å². The van der Waals surface area contributed by atoms with Crippen LogP contribution in [0.15, 0.2) is 29.2 Å². The molecule has 1 aromatic heterocycles. The highest BCUT2D eigenvalue weighted by Gasteiger charge is 2.42. The summed E-state index contributed by atoms with van der Waals surface area (Å²) in [7, 11) is 1.59. The van der Waals surface area contributed by atoms with Gasteiger partial charge >= 0.3 is 0 Å². The third-order valence-electron chi connectivity index (χ3n) is 6.36. The van der Waals surface area contributed by atoms with Crippen molar-refractivity contribution in [3.8, 4) is 5.75 Å². The van der Waals surface area contributed by atoms with Crippen LogP contribution >= 0.6 is 0 Å². The lowest BCUT2D eigenvalue weighted by atomic mass is 10.0. The minimum atomic E-state index is -0.950. The number of benzene rings is 1. The number of rotatable bonds is 6. The molecule has 0 radical (unpaired) electrons. The minimum absolute atomic E-state index is 0.0481. The van der Waals surface area contributed by atoms with Crippen molar-refractivity contribution in [2.24, 2.45) is 0 Å². The third-order valence-corrected chi connectivity index (χ3v) is 6.36. The molecule has 2 aliphatic rings. The number of pyridine rings is 1. The monoisotopic (exact) mass is 461 g/mol. The van der Waals surface area contributed by atoms with Crippen molar-refractivity contribution in [1.82, 2.24) is 9.58 Å². The summed E-state index contributed by atoms with van der Waals surface area (Å²) in [6.45, 7) is 2.60. The lowest BCUT2D eigenvalue weighted by molar-refractivity contribution is 0.0256. The molecule has 0 unspecified atom stereocenters. The van der Waals surface area contributed by atoms with Crippen LogP contribution in [0.25, 0.3) is 0 Å². The van der Waals surface area contributed by atoms with Crippen LogP contribution in [0.1, 0.15) is 52.6 Å². The van der Waals surface area contributed by atoms with Crippen molar-refractivity contribution in [3.05, 3.63) is 63.1 Å². The molecule has 4 rings (SSSR count). The number of amides is 1. The van der Waals surface area contributed by atoms with E-state index in [1.54, 1.807) is 12.0 Å². The number of fused-ring (bicyclic) bond motifs is 3. The highest BCUT2D eigenvalue weighted by molar-refractivity contribution is 6.00. The number of ether oxygens (including phenoxy) is 1. The number of carbonyl (C=O) groups excluding carboxylic acids is 2. The number of methoxy groups -OCH3 is 1. The SMILES string of the molecule is CCN1C(=O)c2c(O)c(=O)c(C(=O)CCc3ccc(F)cc3F)cn2N2C[C@@H](OC)CC[C@@H]12. The van der Waals surface area contributed by atoms with Crippen molar-refractivity contribution < 1.29 is 28.2 Å². The second kappa shape index (κ2) is 8.93. The number of hydrogen-bond donors (Lipinski definition) is 1. The van der Waals surface area contributed by atoms with Crippen molar-refractivity contribution >= 4 is 11.7 Å². The van der Waals surface area contributed by atoms with E-state index >= 15 is 0 Å². The fourth-order valence-electron chi connectivity index (χ4n) is 4.57. The van der Waals surface area contributed by atoms with E-state index in [0.717, 1.165) is 18.6 Å². The van der Waals surface area contributed by atoms with Crippen LogP contribution in [-0.2, 0) is 11.2 Å². The average Bonchev–Trinajstić information content (AvgIpc) is 2.80. The van der Waals surface area contributed by atoms with Gasteiger partial charge in [-0.15, -0.1) is 0 Å². The molecule has 2 atom stereocenters. The molecular weight excluding hydrogens is 436 g/mol. The van der Waals surface area contributed by atoms with Gasteiger partial charge in [-0.25, -0.2) is 8.78 Å². The number of aryl methyl sites for hydroxylation is 1. The van der Waals surface area contributed by atoms with Gasteiger partial charge in [-0.05, 0) is 37.8 Å².